The summed E-state index contributed by atoms with van der Waals surface area (Å²) in [6.07, 6.45) is 1.09. The number of hydrogen-bond acceptors (Lipinski definition) is 4. The van der Waals surface area contributed by atoms with Crippen LogP contribution in [-0.4, -0.2) is 48.4 Å². The summed E-state index contributed by atoms with van der Waals surface area (Å²) < 4.78 is 23.5. The summed E-state index contributed by atoms with van der Waals surface area (Å²) in [5.41, 5.74) is 1.95. The van der Waals surface area contributed by atoms with Crippen molar-refractivity contribution in [3.05, 3.63) is 34.9 Å². The predicted molar refractivity (Wildman–Crippen MR) is 81.5 cm³/mol. The van der Waals surface area contributed by atoms with Crippen molar-refractivity contribution in [1.29, 1.82) is 0 Å². The lowest BCUT2D eigenvalue weighted by molar-refractivity contribution is -0.129. The van der Waals surface area contributed by atoms with Crippen LogP contribution in [0.1, 0.15) is 34.8 Å². The number of nitrogens with zero attached hydrogens (tertiary/aromatic N) is 1. The number of carbonyl (C=O) groups is 2. The van der Waals surface area contributed by atoms with Crippen molar-refractivity contribution in [3.8, 4) is 0 Å². The Morgan fingerprint density at radius 3 is 2.64 bits per heavy atom. The quantitative estimate of drug-likeness (QED) is 0.875. The fraction of sp³-hybridized carbons (Fsp3) is 0.467. The highest BCUT2D eigenvalue weighted by atomic mass is 32.2. The van der Waals surface area contributed by atoms with Crippen molar-refractivity contribution in [2.24, 2.45) is 0 Å². The fourth-order valence-corrected chi connectivity index (χ4v) is 3.89. The number of sulfone groups is 1. The molecule has 6 nitrogen and oxygen atoms in total. The summed E-state index contributed by atoms with van der Waals surface area (Å²) in [6.45, 7) is 2.48. The Morgan fingerprint density at radius 2 is 2.00 bits per heavy atom. The zero-order valence-corrected chi connectivity index (χ0v) is 13.2. The van der Waals surface area contributed by atoms with Crippen molar-refractivity contribution >= 4 is 21.7 Å². The minimum Gasteiger partial charge on any atom is -0.478 e. The average molecular weight is 325 g/mol. The molecule has 1 aromatic rings. The lowest BCUT2D eigenvalue weighted by Gasteiger charge is -2.29. The molecular formula is C15H19NO5S. The Kier molecular flexibility index (Phi) is 4.85. The van der Waals surface area contributed by atoms with Crippen LogP contribution in [0.25, 0.3) is 0 Å². The third-order valence-electron chi connectivity index (χ3n) is 3.68. The van der Waals surface area contributed by atoms with Crippen LogP contribution in [-0.2, 0) is 27.6 Å². The average Bonchev–Trinajstić information content (AvgIpc) is 2.45. The van der Waals surface area contributed by atoms with E-state index >= 15 is 0 Å². The number of carboxylic acids is 1. The molecule has 120 valence electrons. The lowest BCUT2D eigenvalue weighted by atomic mass is 9.97. The Balaban J connectivity index is 2.12. The molecule has 0 saturated carbocycles. The second-order valence-electron chi connectivity index (χ2n) is 5.45. The van der Waals surface area contributed by atoms with E-state index in [2.05, 4.69) is 0 Å². The van der Waals surface area contributed by atoms with E-state index < -0.39 is 27.5 Å². The normalized spacial score (nSPS) is 14.5. The molecule has 1 amide bonds. The summed E-state index contributed by atoms with van der Waals surface area (Å²) in [6, 6.07) is 4.86. The second kappa shape index (κ2) is 6.48. The van der Waals surface area contributed by atoms with Gasteiger partial charge in [0.15, 0.2) is 9.84 Å². The van der Waals surface area contributed by atoms with Crippen molar-refractivity contribution in [1.82, 2.24) is 4.90 Å². The van der Waals surface area contributed by atoms with E-state index in [0.29, 0.717) is 19.4 Å². The number of rotatable bonds is 5. The molecule has 7 heteroatoms. The summed E-state index contributed by atoms with van der Waals surface area (Å²) in [5.74, 6) is -1.90. The van der Waals surface area contributed by atoms with Gasteiger partial charge in [0.1, 0.15) is 5.75 Å². The molecule has 2 rings (SSSR count). The van der Waals surface area contributed by atoms with Crippen LogP contribution in [0.15, 0.2) is 18.2 Å². The maximum Gasteiger partial charge on any atom is 0.335 e. The highest BCUT2D eigenvalue weighted by Gasteiger charge is 2.25. The van der Waals surface area contributed by atoms with E-state index in [-0.39, 0.29) is 17.9 Å². The molecule has 1 aliphatic rings. The summed E-state index contributed by atoms with van der Waals surface area (Å²) >= 11 is 0. The largest absolute Gasteiger partial charge is 0.478 e. The first kappa shape index (κ1) is 16.5. The van der Waals surface area contributed by atoms with Gasteiger partial charge in [0.25, 0.3) is 0 Å². The molecule has 0 radical (unpaired) electrons. The summed E-state index contributed by atoms with van der Waals surface area (Å²) in [7, 11) is -3.36. The molecule has 22 heavy (non-hydrogen) atoms. The van der Waals surface area contributed by atoms with Crippen molar-refractivity contribution in [2.75, 3.05) is 18.1 Å². The molecule has 0 bridgehead atoms. The number of hydrogen-bond donors (Lipinski definition) is 1. The van der Waals surface area contributed by atoms with Gasteiger partial charge in [-0.1, -0.05) is 13.0 Å². The zero-order valence-electron chi connectivity index (χ0n) is 12.4. The van der Waals surface area contributed by atoms with E-state index in [4.69, 9.17) is 5.11 Å². The molecule has 0 spiro atoms. The molecular weight excluding hydrogens is 306 g/mol. The molecule has 0 atom stereocenters. The van der Waals surface area contributed by atoms with Gasteiger partial charge >= 0.3 is 5.97 Å². The van der Waals surface area contributed by atoms with Gasteiger partial charge in [0, 0.05) is 13.1 Å². The molecule has 1 aromatic carbocycles. The molecule has 0 unspecified atom stereocenters. The molecule has 1 N–H and O–H groups in total. The minimum absolute atomic E-state index is 0.00628. The van der Waals surface area contributed by atoms with E-state index in [1.807, 2.05) is 0 Å². The number of carboxylic acid groups (broad SMARTS) is 1. The van der Waals surface area contributed by atoms with Gasteiger partial charge in [-0.25, -0.2) is 13.2 Å². The maximum absolute atomic E-state index is 12.1. The van der Waals surface area contributed by atoms with Crippen LogP contribution < -0.4 is 0 Å². The van der Waals surface area contributed by atoms with Crippen LogP contribution in [0, 0.1) is 0 Å². The molecule has 0 fully saturated rings. The van der Waals surface area contributed by atoms with Gasteiger partial charge < -0.3 is 10.0 Å². The third-order valence-corrected chi connectivity index (χ3v) is 5.39. The molecule has 0 aromatic heterocycles. The van der Waals surface area contributed by atoms with Crippen LogP contribution in [0.2, 0.25) is 0 Å². The van der Waals surface area contributed by atoms with Crippen LogP contribution in [0.3, 0.4) is 0 Å². The first-order valence-corrected chi connectivity index (χ1v) is 8.98. The van der Waals surface area contributed by atoms with E-state index in [0.717, 1.165) is 11.1 Å². The summed E-state index contributed by atoms with van der Waals surface area (Å²) in [4.78, 5) is 24.6. The van der Waals surface area contributed by atoms with Gasteiger partial charge in [-0.3, -0.25) is 4.79 Å². The van der Waals surface area contributed by atoms with Crippen molar-refractivity contribution in [3.63, 3.8) is 0 Å². The predicted octanol–water partition coefficient (Wildman–Crippen LogP) is 1.09. The molecule has 0 aliphatic carbocycles. The van der Waals surface area contributed by atoms with E-state index in [1.54, 1.807) is 25.1 Å². The first-order valence-electron chi connectivity index (χ1n) is 7.15. The number of benzene rings is 1. The monoisotopic (exact) mass is 325 g/mol. The standard InChI is InChI=1S/C15H19NO5S/c1-2-7-22(20,21)10-14(17)16-6-5-11-3-4-12(15(18)19)8-13(11)9-16/h3-4,8H,2,5-7,9-10H2,1H3,(H,18,19). The lowest BCUT2D eigenvalue weighted by Crippen LogP contribution is -2.39. The number of fused-ring (bicyclic) bond motifs is 1. The van der Waals surface area contributed by atoms with Crippen LogP contribution in [0.4, 0.5) is 0 Å². The summed E-state index contributed by atoms with van der Waals surface area (Å²) in [5, 5.41) is 9.01. The van der Waals surface area contributed by atoms with Crippen molar-refractivity contribution < 1.29 is 23.1 Å². The van der Waals surface area contributed by atoms with Gasteiger partial charge in [0.05, 0.1) is 11.3 Å². The first-order chi connectivity index (χ1) is 10.3. The number of aromatic carboxylic acids is 1. The van der Waals surface area contributed by atoms with Gasteiger partial charge in [-0.15, -0.1) is 0 Å². The Bertz CT molecular complexity index is 696. The Morgan fingerprint density at radius 1 is 1.27 bits per heavy atom. The molecule has 1 heterocycles. The number of amides is 1. The van der Waals surface area contributed by atoms with Gasteiger partial charge in [-0.05, 0) is 36.1 Å². The SMILES string of the molecule is CCCS(=O)(=O)CC(=O)N1CCc2ccc(C(=O)O)cc2C1. The second-order valence-corrected chi connectivity index (χ2v) is 7.63. The smallest absolute Gasteiger partial charge is 0.335 e. The van der Waals surface area contributed by atoms with Crippen molar-refractivity contribution in [2.45, 2.75) is 26.3 Å². The third kappa shape index (κ3) is 3.85. The van der Waals surface area contributed by atoms with Gasteiger partial charge in [-0.2, -0.15) is 0 Å². The van der Waals surface area contributed by atoms with Gasteiger partial charge in [0.2, 0.25) is 5.91 Å². The molecule has 0 saturated heterocycles. The fourth-order valence-electron chi connectivity index (χ4n) is 2.57. The Hall–Kier alpha value is -1.89. The highest BCUT2D eigenvalue weighted by molar-refractivity contribution is 7.92. The topological polar surface area (TPSA) is 91.8 Å². The highest BCUT2D eigenvalue weighted by Crippen LogP contribution is 2.21. The van der Waals surface area contributed by atoms with Crippen LogP contribution >= 0.6 is 0 Å². The Labute approximate surface area is 129 Å². The minimum atomic E-state index is -3.36. The van der Waals surface area contributed by atoms with Crippen LogP contribution in [0.5, 0.6) is 0 Å². The van der Waals surface area contributed by atoms with E-state index in [1.165, 1.54) is 4.90 Å². The van der Waals surface area contributed by atoms with E-state index in [9.17, 15) is 18.0 Å². The number of carbonyl (C=O) groups excluding carboxylic acids is 1. The molecule has 1 aliphatic heterocycles. The maximum atomic E-state index is 12.1. The zero-order chi connectivity index (χ0) is 16.3.